The summed E-state index contributed by atoms with van der Waals surface area (Å²) in [5.74, 6) is -2.12. The molecule has 1 rings (SSSR count). The van der Waals surface area contributed by atoms with Gasteiger partial charge in [0.05, 0.1) is 12.6 Å². The van der Waals surface area contributed by atoms with Crippen LogP contribution in [0.3, 0.4) is 0 Å². The zero-order valence-electron chi connectivity index (χ0n) is 13.9. The van der Waals surface area contributed by atoms with E-state index in [2.05, 4.69) is 5.32 Å². The molecule has 0 aromatic carbocycles. The summed E-state index contributed by atoms with van der Waals surface area (Å²) in [5.41, 5.74) is 0. The molecule has 5 atom stereocenters. The predicted octanol–water partition coefficient (Wildman–Crippen LogP) is -1.39. The van der Waals surface area contributed by atoms with E-state index in [0.29, 0.717) is 0 Å². The molecular weight excluding hydrogens is 322 g/mol. The molecule has 0 spiro atoms. The van der Waals surface area contributed by atoms with Crippen LogP contribution in [0, 0.1) is 5.92 Å². The number of amides is 1. The number of nitrogens with one attached hydrogen (secondary N) is 1. The lowest BCUT2D eigenvalue weighted by molar-refractivity contribution is -0.152. The summed E-state index contributed by atoms with van der Waals surface area (Å²) in [6, 6.07) is -0.930. The summed E-state index contributed by atoms with van der Waals surface area (Å²) in [6.07, 6.45) is -4.16. The molecule has 0 aromatic rings. The molecule has 0 aromatic heterocycles. The number of hydrogen-bond donors (Lipinski definition) is 5. The van der Waals surface area contributed by atoms with Gasteiger partial charge >= 0.3 is 5.97 Å². The highest BCUT2D eigenvalue weighted by molar-refractivity contribution is 5.84. The first kappa shape index (κ1) is 20.4. The van der Waals surface area contributed by atoms with Gasteiger partial charge in [0.15, 0.2) is 6.10 Å². The maximum Gasteiger partial charge on any atom is 0.370 e. The van der Waals surface area contributed by atoms with E-state index in [1.165, 1.54) is 13.0 Å². The molecule has 1 aliphatic rings. The average molecular weight is 347 g/mol. The van der Waals surface area contributed by atoms with E-state index in [1.54, 1.807) is 0 Å². The normalized spacial score (nSPS) is 26.3. The molecule has 0 radical (unpaired) electrons. The third-order valence-corrected chi connectivity index (χ3v) is 3.41. The summed E-state index contributed by atoms with van der Waals surface area (Å²) >= 11 is 0. The zero-order chi connectivity index (χ0) is 18.4. The number of aliphatic hydroxyl groups is 3. The van der Waals surface area contributed by atoms with Gasteiger partial charge in [0, 0.05) is 13.5 Å². The fourth-order valence-electron chi connectivity index (χ4n) is 2.28. The largest absolute Gasteiger partial charge is 0.478 e. The van der Waals surface area contributed by atoms with Gasteiger partial charge in [0.25, 0.3) is 0 Å². The molecule has 1 heterocycles. The van der Waals surface area contributed by atoms with Gasteiger partial charge in [0.1, 0.15) is 18.3 Å². The summed E-state index contributed by atoms with van der Waals surface area (Å²) in [7, 11) is 0. The highest BCUT2D eigenvalue weighted by atomic mass is 16.5. The number of carbonyl (C=O) groups is 2. The van der Waals surface area contributed by atoms with Crippen LogP contribution >= 0.6 is 0 Å². The molecule has 0 saturated heterocycles. The molecule has 0 unspecified atom stereocenters. The number of ether oxygens (including phenoxy) is 2. The molecule has 9 heteroatoms. The van der Waals surface area contributed by atoms with Crippen LogP contribution in [0.15, 0.2) is 11.8 Å². The number of carboxylic acid groups (broad SMARTS) is 1. The second kappa shape index (κ2) is 8.97. The van der Waals surface area contributed by atoms with Gasteiger partial charge < -0.3 is 35.2 Å². The van der Waals surface area contributed by atoms with Gasteiger partial charge in [-0.05, 0) is 12.0 Å². The summed E-state index contributed by atoms with van der Waals surface area (Å²) in [4.78, 5) is 22.7. The second-order valence-electron chi connectivity index (χ2n) is 6.08. The topological polar surface area (TPSA) is 146 Å². The lowest BCUT2D eigenvalue weighted by Crippen LogP contribution is -2.60. The Kier molecular flexibility index (Phi) is 7.61. The Morgan fingerprint density at radius 2 is 2.00 bits per heavy atom. The molecule has 0 saturated carbocycles. The predicted molar refractivity (Wildman–Crippen MR) is 81.9 cm³/mol. The molecule has 5 N–H and O–H groups in total. The summed E-state index contributed by atoms with van der Waals surface area (Å²) in [6.45, 7) is 4.58. The number of hydrogen-bond acceptors (Lipinski definition) is 7. The van der Waals surface area contributed by atoms with Crippen molar-refractivity contribution in [1.82, 2.24) is 5.32 Å². The van der Waals surface area contributed by atoms with Crippen molar-refractivity contribution in [1.29, 1.82) is 0 Å². The van der Waals surface area contributed by atoms with Gasteiger partial charge in [-0.15, -0.1) is 0 Å². The van der Waals surface area contributed by atoms with Crippen LogP contribution in [0.4, 0.5) is 0 Å². The maximum absolute atomic E-state index is 11.5. The Morgan fingerprint density at radius 1 is 1.38 bits per heavy atom. The highest BCUT2D eigenvalue weighted by Gasteiger charge is 2.44. The Bertz CT molecular complexity index is 478. The third kappa shape index (κ3) is 5.45. The van der Waals surface area contributed by atoms with E-state index in [9.17, 15) is 19.8 Å². The minimum Gasteiger partial charge on any atom is -0.478 e. The van der Waals surface area contributed by atoms with Crippen molar-refractivity contribution in [3.05, 3.63) is 11.8 Å². The van der Waals surface area contributed by atoms with Crippen molar-refractivity contribution < 1.29 is 39.5 Å². The van der Waals surface area contributed by atoms with Crippen molar-refractivity contribution in [3.8, 4) is 0 Å². The molecule has 0 aliphatic carbocycles. The van der Waals surface area contributed by atoms with Crippen LogP contribution in [-0.2, 0) is 19.1 Å². The van der Waals surface area contributed by atoms with E-state index >= 15 is 0 Å². The molecule has 0 bridgehead atoms. The fraction of sp³-hybridized carbons (Fsp3) is 0.733. The van der Waals surface area contributed by atoms with Crippen molar-refractivity contribution in [2.75, 3.05) is 13.2 Å². The highest BCUT2D eigenvalue weighted by Crippen LogP contribution is 2.25. The van der Waals surface area contributed by atoms with E-state index in [0.717, 1.165) is 0 Å². The van der Waals surface area contributed by atoms with Crippen molar-refractivity contribution in [2.24, 2.45) is 5.92 Å². The first-order valence-electron chi connectivity index (χ1n) is 7.64. The second-order valence-corrected chi connectivity index (χ2v) is 6.08. The number of aliphatic hydroxyl groups excluding tert-OH is 3. The Hall–Kier alpha value is -1.68. The standard InChI is InChI=1S/C15H25NO8/c1-7(2)6-23-10-4-11(15(21)22)24-14(12(10)16-8(3)18)13(20)9(19)5-17/h4,7,9-10,12-14,17,19-20H,5-6H2,1-3H3,(H,16,18)(H,21,22)/t9-,10+,12+,13-,14+/m1/s1. The van der Waals surface area contributed by atoms with Crippen molar-refractivity contribution in [2.45, 2.75) is 51.2 Å². The number of carboxylic acids is 1. The van der Waals surface area contributed by atoms with E-state index < -0.39 is 54.7 Å². The molecule has 24 heavy (non-hydrogen) atoms. The average Bonchev–Trinajstić information content (AvgIpc) is 2.51. The van der Waals surface area contributed by atoms with Gasteiger partial charge in [-0.25, -0.2) is 4.79 Å². The van der Waals surface area contributed by atoms with E-state index in [4.69, 9.17) is 19.7 Å². The van der Waals surface area contributed by atoms with Crippen LogP contribution in [0.5, 0.6) is 0 Å². The van der Waals surface area contributed by atoms with Crippen LogP contribution in [0.2, 0.25) is 0 Å². The lowest BCUT2D eigenvalue weighted by atomic mass is 9.93. The van der Waals surface area contributed by atoms with Gasteiger partial charge in [-0.3, -0.25) is 4.79 Å². The quantitative estimate of drug-likeness (QED) is 0.361. The van der Waals surface area contributed by atoms with Gasteiger partial charge in [-0.2, -0.15) is 0 Å². The Morgan fingerprint density at radius 3 is 2.46 bits per heavy atom. The van der Waals surface area contributed by atoms with Crippen LogP contribution in [-0.4, -0.2) is 76.0 Å². The van der Waals surface area contributed by atoms with Crippen molar-refractivity contribution in [3.63, 3.8) is 0 Å². The molecular formula is C15H25NO8. The van der Waals surface area contributed by atoms with Crippen LogP contribution in [0.25, 0.3) is 0 Å². The lowest BCUT2D eigenvalue weighted by Gasteiger charge is -2.39. The zero-order valence-corrected chi connectivity index (χ0v) is 13.9. The smallest absolute Gasteiger partial charge is 0.370 e. The monoisotopic (exact) mass is 347 g/mol. The third-order valence-electron chi connectivity index (χ3n) is 3.41. The van der Waals surface area contributed by atoms with Crippen LogP contribution < -0.4 is 5.32 Å². The minimum atomic E-state index is -1.62. The first-order valence-corrected chi connectivity index (χ1v) is 7.64. The Balaban J connectivity index is 3.15. The molecule has 9 nitrogen and oxygen atoms in total. The van der Waals surface area contributed by atoms with Gasteiger partial charge in [0.2, 0.25) is 11.7 Å². The summed E-state index contributed by atoms with van der Waals surface area (Å²) < 4.78 is 10.9. The van der Waals surface area contributed by atoms with E-state index in [1.807, 2.05) is 13.8 Å². The number of rotatable bonds is 8. The molecule has 1 amide bonds. The molecule has 0 fully saturated rings. The summed E-state index contributed by atoms with van der Waals surface area (Å²) in [5, 5.41) is 40.5. The minimum absolute atomic E-state index is 0.152. The Labute approximate surface area is 139 Å². The van der Waals surface area contributed by atoms with E-state index in [-0.39, 0.29) is 12.5 Å². The molecule has 138 valence electrons. The van der Waals surface area contributed by atoms with Crippen LogP contribution in [0.1, 0.15) is 20.8 Å². The number of aliphatic carboxylic acids is 1. The fourth-order valence-corrected chi connectivity index (χ4v) is 2.28. The molecule has 1 aliphatic heterocycles. The van der Waals surface area contributed by atoms with Gasteiger partial charge in [-0.1, -0.05) is 13.8 Å². The van der Waals surface area contributed by atoms with Crippen molar-refractivity contribution >= 4 is 11.9 Å². The SMILES string of the molecule is CC(=O)N[C@@H]1[C@@H]([C@H](O)[C@H](O)CO)OC(C(=O)O)=C[C@@H]1OCC(C)C. The maximum atomic E-state index is 11.5. The first-order chi connectivity index (χ1) is 11.2. The number of carbonyl (C=O) groups excluding carboxylic acids is 1.